The minimum Gasteiger partial charge on any atom is -0.346 e. The predicted octanol–water partition coefficient (Wildman–Crippen LogP) is 3.56. The van der Waals surface area contributed by atoms with Crippen molar-refractivity contribution in [2.75, 3.05) is 10.5 Å². The third-order valence-electron chi connectivity index (χ3n) is 4.18. The smallest absolute Gasteiger partial charge is 0.251 e. The fourth-order valence-electron chi connectivity index (χ4n) is 2.34. The molecule has 0 aliphatic heterocycles. The Hall–Kier alpha value is -2.34. The van der Waals surface area contributed by atoms with E-state index in [9.17, 15) is 13.2 Å². The first-order chi connectivity index (χ1) is 11.7. The minimum absolute atomic E-state index is 0.00270. The van der Waals surface area contributed by atoms with Crippen molar-refractivity contribution in [1.82, 2.24) is 5.32 Å². The molecule has 0 radical (unpaired) electrons. The number of hydrogen-bond acceptors (Lipinski definition) is 3. The van der Waals surface area contributed by atoms with Crippen LogP contribution in [0.25, 0.3) is 0 Å². The number of carbonyl (C=O) groups is 1. The molecule has 0 aliphatic rings. The molecule has 2 N–H and O–H groups in total. The second kappa shape index (κ2) is 7.70. The maximum Gasteiger partial charge on any atom is 0.251 e. The fourth-order valence-corrected chi connectivity index (χ4v) is 2.98. The molecular weight excluding hydrogens is 336 g/mol. The van der Waals surface area contributed by atoms with E-state index >= 15 is 0 Å². The average molecular weight is 360 g/mol. The van der Waals surface area contributed by atoms with Crippen molar-refractivity contribution in [2.45, 2.75) is 33.7 Å². The second-order valence-electron chi connectivity index (χ2n) is 6.12. The van der Waals surface area contributed by atoms with Gasteiger partial charge in [-0.05, 0) is 68.7 Å². The van der Waals surface area contributed by atoms with Crippen LogP contribution >= 0.6 is 0 Å². The molecule has 0 heterocycles. The van der Waals surface area contributed by atoms with Gasteiger partial charge in [-0.2, -0.15) is 0 Å². The molecular formula is C19H24N2O3S. The highest BCUT2D eigenvalue weighted by molar-refractivity contribution is 7.92. The summed E-state index contributed by atoms with van der Waals surface area (Å²) in [5.41, 5.74) is 4.37. The molecule has 2 aromatic rings. The second-order valence-corrected chi connectivity index (χ2v) is 8.13. The molecule has 0 bridgehead atoms. The molecule has 25 heavy (non-hydrogen) atoms. The van der Waals surface area contributed by atoms with Gasteiger partial charge in [-0.3, -0.25) is 9.52 Å². The largest absolute Gasteiger partial charge is 0.346 e. The van der Waals surface area contributed by atoms with Gasteiger partial charge in [0.05, 0.1) is 11.8 Å². The molecule has 2 aromatic carbocycles. The Labute approximate surface area is 149 Å². The molecule has 0 saturated heterocycles. The molecule has 0 fully saturated rings. The summed E-state index contributed by atoms with van der Waals surface area (Å²) in [7, 11) is -3.32. The molecule has 0 unspecified atom stereocenters. The van der Waals surface area contributed by atoms with Gasteiger partial charge >= 0.3 is 0 Å². The number of hydrogen-bond donors (Lipinski definition) is 2. The Morgan fingerprint density at radius 3 is 2.24 bits per heavy atom. The predicted molar refractivity (Wildman–Crippen MR) is 101 cm³/mol. The zero-order valence-electron chi connectivity index (χ0n) is 15.0. The van der Waals surface area contributed by atoms with Gasteiger partial charge in [0.1, 0.15) is 0 Å². The summed E-state index contributed by atoms with van der Waals surface area (Å²) < 4.78 is 25.6. The van der Waals surface area contributed by atoms with Crippen LogP contribution < -0.4 is 10.0 Å². The summed E-state index contributed by atoms with van der Waals surface area (Å²) in [6, 6.07) is 12.4. The van der Waals surface area contributed by atoms with Crippen LogP contribution in [0.1, 0.15) is 46.9 Å². The van der Waals surface area contributed by atoms with Gasteiger partial charge in [0.25, 0.3) is 5.91 Å². The van der Waals surface area contributed by atoms with Crippen molar-refractivity contribution >= 4 is 21.6 Å². The zero-order valence-corrected chi connectivity index (χ0v) is 15.8. The van der Waals surface area contributed by atoms with E-state index in [1.165, 1.54) is 11.1 Å². The molecule has 0 saturated carbocycles. The monoisotopic (exact) mass is 360 g/mol. The van der Waals surface area contributed by atoms with Crippen LogP contribution in [0, 0.1) is 13.8 Å². The lowest BCUT2D eigenvalue weighted by atomic mass is 10.0. The van der Waals surface area contributed by atoms with E-state index in [4.69, 9.17) is 0 Å². The third kappa shape index (κ3) is 5.06. The molecule has 0 spiro atoms. The molecule has 6 heteroatoms. The van der Waals surface area contributed by atoms with Crippen molar-refractivity contribution in [3.63, 3.8) is 0 Å². The topological polar surface area (TPSA) is 75.3 Å². The van der Waals surface area contributed by atoms with Crippen molar-refractivity contribution < 1.29 is 13.2 Å². The number of benzene rings is 2. The molecule has 134 valence electrons. The van der Waals surface area contributed by atoms with Gasteiger partial charge in [-0.25, -0.2) is 8.42 Å². The summed E-state index contributed by atoms with van der Waals surface area (Å²) >= 11 is 0. The third-order valence-corrected chi connectivity index (χ3v) is 5.49. The first-order valence-electron chi connectivity index (χ1n) is 8.20. The number of anilines is 1. The van der Waals surface area contributed by atoms with Gasteiger partial charge < -0.3 is 5.32 Å². The van der Waals surface area contributed by atoms with Gasteiger partial charge in [0.2, 0.25) is 10.0 Å². The van der Waals surface area contributed by atoms with E-state index in [0.717, 1.165) is 5.56 Å². The van der Waals surface area contributed by atoms with Gasteiger partial charge in [0.15, 0.2) is 0 Å². The van der Waals surface area contributed by atoms with E-state index in [1.807, 2.05) is 26.0 Å². The van der Waals surface area contributed by atoms with Crippen LogP contribution in [0.15, 0.2) is 42.5 Å². The first kappa shape index (κ1) is 19.0. The van der Waals surface area contributed by atoms with Crippen LogP contribution in [0.2, 0.25) is 0 Å². The fraction of sp³-hybridized carbons (Fsp3) is 0.316. The number of aryl methyl sites for hydroxylation is 2. The van der Waals surface area contributed by atoms with Crippen molar-refractivity contribution in [3.05, 3.63) is 64.7 Å². The average Bonchev–Trinajstić information content (AvgIpc) is 2.57. The lowest BCUT2D eigenvalue weighted by molar-refractivity contribution is 0.0940. The molecule has 1 amide bonds. The van der Waals surface area contributed by atoms with Crippen molar-refractivity contribution in [2.24, 2.45) is 0 Å². The summed E-state index contributed by atoms with van der Waals surface area (Å²) in [5, 5.41) is 2.96. The summed E-state index contributed by atoms with van der Waals surface area (Å²) in [5.74, 6) is -0.196. The molecule has 0 aromatic heterocycles. The molecule has 5 nitrogen and oxygen atoms in total. The number of carbonyl (C=O) groups excluding carboxylic acids is 1. The SMILES string of the molecule is CCS(=O)(=O)Nc1ccc(C(=O)N[C@@H](C)c2ccc(C)c(C)c2)cc1. The van der Waals surface area contributed by atoms with Crippen LogP contribution in [-0.4, -0.2) is 20.1 Å². The summed E-state index contributed by atoms with van der Waals surface area (Å²) in [6.45, 7) is 7.60. The maximum absolute atomic E-state index is 12.4. The van der Waals surface area contributed by atoms with Crippen LogP contribution in [0.3, 0.4) is 0 Å². The highest BCUT2D eigenvalue weighted by Gasteiger charge is 2.13. The van der Waals surface area contributed by atoms with Crippen LogP contribution in [0.5, 0.6) is 0 Å². The normalized spacial score (nSPS) is 12.5. The van der Waals surface area contributed by atoms with Gasteiger partial charge in [-0.1, -0.05) is 18.2 Å². The van der Waals surface area contributed by atoms with Crippen LogP contribution in [0.4, 0.5) is 5.69 Å². The van der Waals surface area contributed by atoms with Crippen molar-refractivity contribution in [1.29, 1.82) is 0 Å². The molecule has 1 atom stereocenters. The Morgan fingerprint density at radius 2 is 1.68 bits per heavy atom. The van der Waals surface area contributed by atoms with E-state index in [2.05, 4.69) is 23.0 Å². The number of nitrogens with one attached hydrogen (secondary N) is 2. The Balaban J connectivity index is 2.06. The van der Waals surface area contributed by atoms with E-state index in [1.54, 1.807) is 31.2 Å². The van der Waals surface area contributed by atoms with Gasteiger partial charge in [0, 0.05) is 11.3 Å². The van der Waals surface area contributed by atoms with Crippen molar-refractivity contribution in [3.8, 4) is 0 Å². The summed E-state index contributed by atoms with van der Waals surface area (Å²) in [4.78, 5) is 12.4. The number of rotatable bonds is 6. The number of amides is 1. The Kier molecular flexibility index (Phi) is 5.85. The maximum atomic E-state index is 12.4. The van der Waals surface area contributed by atoms with E-state index in [0.29, 0.717) is 11.3 Å². The first-order valence-corrected chi connectivity index (χ1v) is 9.85. The van der Waals surface area contributed by atoms with Crippen LogP contribution in [-0.2, 0) is 10.0 Å². The summed E-state index contributed by atoms with van der Waals surface area (Å²) in [6.07, 6.45) is 0. The standard InChI is InChI=1S/C19H24N2O3S/c1-5-25(23,24)21-18-10-8-16(9-11-18)19(22)20-15(4)17-7-6-13(2)14(3)12-17/h6-12,15,21H,5H2,1-4H3,(H,20,22)/t15-/m0/s1. The highest BCUT2D eigenvalue weighted by atomic mass is 32.2. The van der Waals surface area contributed by atoms with E-state index < -0.39 is 10.0 Å². The molecule has 0 aliphatic carbocycles. The lowest BCUT2D eigenvalue weighted by Crippen LogP contribution is -2.26. The van der Waals surface area contributed by atoms with E-state index in [-0.39, 0.29) is 17.7 Å². The molecule has 2 rings (SSSR count). The van der Waals surface area contributed by atoms with Gasteiger partial charge in [-0.15, -0.1) is 0 Å². The number of sulfonamides is 1. The zero-order chi connectivity index (χ0) is 18.6. The highest BCUT2D eigenvalue weighted by Crippen LogP contribution is 2.18. The lowest BCUT2D eigenvalue weighted by Gasteiger charge is -2.16. The Morgan fingerprint density at radius 1 is 1.04 bits per heavy atom. The minimum atomic E-state index is -3.32. The quantitative estimate of drug-likeness (QED) is 0.827. The Bertz CT molecular complexity index is 859.